The topological polar surface area (TPSA) is 100 Å². The molecule has 1 aliphatic heterocycles. The zero-order valence-electron chi connectivity index (χ0n) is 16.7. The van der Waals surface area contributed by atoms with E-state index < -0.39 is 10.8 Å². The molecule has 11 heteroatoms. The second kappa shape index (κ2) is 9.72. The molecule has 2 heterocycles. The number of nitrogens with one attached hydrogen (secondary N) is 2. The number of nitro benzene ring substituents is 1. The summed E-state index contributed by atoms with van der Waals surface area (Å²) >= 11 is 9.99. The van der Waals surface area contributed by atoms with Gasteiger partial charge in [-0.1, -0.05) is 28.1 Å². The number of carbonyl (C=O) groups is 1. The third-order valence-electron chi connectivity index (χ3n) is 4.97. The first-order chi connectivity index (χ1) is 15.4. The van der Waals surface area contributed by atoms with Crippen LogP contribution in [0.5, 0.6) is 0 Å². The molecule has 1 fully saturated rings. The van der Waals surface area contributed by atoms with Gasteiger partial charge < -0.3 is 10.2 Å². The van der Waals surface area contributed by atoms with Gasteiger partial charge in [0.05, 0.1) is 10.6 Å². The molecule has 4 rings (SSSR count). The fraction of sp³-hybridized carbons (Fsp3) is 0.190. The first-order valence-electron chi connectivity index (χ1n) is 9.78. The van der Waals surface area contributed by atoms with Crippen LogP contribution < -0.4 is 15.5 Å². The van der Waals surface area contributed by atoms with Crippen molar-refractivity contribution in [3.8, 4) is 11.3 Å². The van der Waals surface area contributed by atoms with Crippen molar-refractivity contribution in [2.75, 3.05) is 23.3 Å². The zero-order valence-corrected chi connectivity index (χ0v) is 19.9. The molecular weight excluding hydrogens is 514 g/mol. The summed E-state index contributed by atoms with van der Waals surface area (Å²) in [7, 11) is 0. The largest absolute Gasteiger partial charge is 0.366 e. The Morgan fingerprint density at radius 2 is 1.91 bits per heavy atom. The van der Waals surface area contributed by atoms with Crippen molar-refractivity contribution in [2.24, 2.45) is 0 Å². The smallest absolute Gasteiger partial charge is 0.293 e. The summed E-state index contributed by atoms with van der Waals surface area (Å²) in [5, 5.41) is 19.5. The van der Waals surface area contributed by atoms with Crippen molar-refractivity contribution in [2.45, 2.75) is 12.8 Å². The molecule has 0 aliphatic carbocycles. The quantitative estimate of drug-likeness (QED) is 0.264. The molecule has 0 unspecified atom stereocenters. The third-order valence-corrected chi connectivity index (χ3v) is 6.46. The summed E-state index contributed by atoms with van der Waals surface area (Å²) in [6, 6.07) is 12.2. The Balaban J connectivity index is 1.42. The van der Waals surface area contributed by atoms with Gasteiger partial charge in [-0.15, -0.1) is 11.3 Å². The van der Waals surface area contributed by atoms with Crippen LogP contribution in [-0.2, 0) is 0 Å². The van der Waals surface area contributed by atoms with Crippen molar-refractivity contribution in [3.05, 3.63) is 68.0 Å². The maximum absolute atomic E-state index is 12.6. The van der Waals surface area contributed by atoms with Gasteiger partial charge in [-0.05, 0) is 49.3 Å². The fourth-order valence-electron chi connectivity index (χ4n) is 3.42. The normalized spacial score (nSPS) is 13.1. The molecule has 8 nitrogen and oxygen atoms in total. The Hall–Kier alpha value is -2.89. The first kappa shape index (κ1) is 22.3. The molecule has 164 valence electrons. The van der Waals surface area contributed by atoms with Crippen LogP contribution >= 0.6 is 39.5 Å². The number of benzene rings is 2. The predicted molar refractivity (Wildman–Crippen MR) is 133 cm³/mol. The maximum atomic E-state index is 12.6. The molecule has 1 aliphatic rings. The number of thiazole rings is 1. The van der Waals surface area contributed by atoms with Crippen molar-refractivity contribution in [1.29, 1.82) is 0 Å². The van der Waals surface area contributed by atoms with Gasteiger partial charge in [0.1, 0.15) is 5.69 Å². The Bertz CT molecular complexity index is 1180. The highest BCUT2D eigenvalue weighted by Crippen LogP contribution is 2.31. The average molecular weight is 532 g/mol. The number of thiocarbonyl (C=S) groups is 1. The lowest BCUT2D eigenvalue weighted by Gasteiger charge is -2.17. The number of hydrogen-bond acceptors (Lipinski definition) is 7. The van der Waals surface area contributed by atoms with Gasteiger partial charge >= 0.3 is 0 Å². The molecule has 0 radical (unpaired) electrons. The number of carbonyl (C=O) groups excluding carboxylic acids is 1. The van der Waals surface area contributed by atoms with E-state index in [1.807, 2.05) is 34.5 Å². The molecule has 0 atom stereocenters. The first-order valence-corrected chi connectivity index (χ1v) is 11.9. The van der Waals surface area contributed by atoms with Crippen LogP contribution in [0.1, 0.15) is 23.2 Å². The second-order valence-corrected chi connectivity index (χ2v) is 9.29. The molecule has 3 aromatic rings. The number of amides is 1. The molecule has 1 saturated heterocycles. The van der Waals surface area contributed by atoms with Crippen LogP contribution in [0.4, 0.5) is 16.5 Å². The standard InChI is InChI=1S/C21H18BrN5O3S2/c22-15-6-3-13(4-7-15)16-12-32-21(23-16)25-20(31)24-19(28)14-5-8-17(18(11-14)27(29)30)26-9-1-2-10-26/h3-8,11-12H,1-2,9-10H2,(H2,23,24,25,28,31). The van der Waals surface area contributed by atoms with Gasteiger partial charge in [0.25, 0.3) is 11.6 Å². The van der Waals surface area contributed by atoms with Crippen LogP contribution in [0.25, 0.3) is 11.3 Å². The Morgan fingerprint density at radius 3 is 2.59 bits per heavy atom. The number of anilines is 2. The second-order valence-electron chi connectivity index (χ2n) is 7.11. The van der Waals surface area contributed by atoms with Gasteiger partial charge in [-0.2, -0.15) is 0 Å². The molecule has 1 aromatic heterocycles. The van der Waals surface area contributed by atoms with Crippen molar-refractivity contribution in [1.82, 2.24) is 10.3 Å². The van der Waals surface area contributed by atoms with Gasteiger partial charge in [-0.3, -0.25) is 20.2 Å². The summed E-state index contributed by atoms with van der Waals surface area (Å²) in [6.07, 6.45) is 2.00. The lowest BCUT2D eigenvalue weighted by Crippen LogP contribution is -2.34. The molecule has 32 heavy (non-hydrogen) atoms. The summed E-state index contributed by atoms with van der Waals surface area (Å²) in [6.45, 7) is 1.55. The monoisotopic (exact) mass is 531 g/mol. The summed E-state index contributed by atoms with van der Waals surface area (Å²) in [5.74, 6) is -0.525. The molecule has 2 aromatic carbocycles. The maximum Gasteiger partial charge on any atom is 0.293 e. The van der Waals surface area contributed by atoms with Crippen LogP contribution in [0.2, 0.25) is 0 Å². The number of aromatic nitrogens is 1. The molecule has 0 bridgehead atoms. The van der Waals surface area contributed by atoms with E-state index in [2.05, 4.69) is 31.5 Å². The third kappa shape index (κ3) is 5.12. The highest BCUT2D eigenvalue weighted by Gasteiger charge is 2.24. The highest BCUT2D eigenvalue weighted by atomic mass is 79.9. The molecule has 2 N–H and O–H groups in total. The van der Waals surface area contributed by atoms with Gasteiger partial charge in [0.15, 0.2) is 10.2 Å². The highest BCUT2D eigenvalue weighted by molar-refractivity contribution is 9.10. The predicted octanol–water partition coefficient (Wildman–Crippen LogP) is 5.21. The number of halogens is 1. The number of nitro groups is 1. The number of hydrogen-bond donors (Lipinski definition) is 2. The Kier molecular flexibility index (Phi) is 6.77. The van der Waals surface area contributed by atoms with E-state index in [0.29, 0.717) is 10.8 Å². The van der Waals surface area contributed by atoms with E-state index >= 15 is 0 Å². The minimum atomic E-state index is -0.525. The minimum Gasteiger partial charge on any atom is -0.366 e. The molecule has 1 amide bonds. The number of nitrogens with zero attached hydrogens (tertiary/aromatic N) is 3. The van der Waals surface area contributed by atoms with Gasteiger partial charge in [0.2, 0.25) is 0 Å². The summed E-state index contributed by atoms with van der Waals surface area (Å²) in [5.41, 5.74) is 2.36. The molecular formula is C21H18BrN5O3S2. The lowest BCUT2D eigenvalue weighted by molar-refractivity contribution is -0.384. The SMILES string of the molecule is O=C(NC(=S)Nc1nc(-c2ccc(Br)cc2)cs1)c1ccc(N2CCCC2)c([N+](=O)[O-])c1. The van der Waals surface area contributed by atoms with Crippen LogP contribution in [0.15, 0.2) is 52.3 Å². The van der Waals surface area contributed by atoms with Crippen LogP contribution in [0, 0.1) is 10.1 Å². The van der Waals surface area contributed by atoms with Gasteiger partial charge in [0, 0.05) is 40.1 Å². The summed E-state index contributed by atoms with van der Waals surface area (Å²) in [4.78, 5) is 30.2. The summed E-state index contributed by atoms with van der Waals surface area (Å²) < 4.78 is 0.979. The molecule has 0 saturated carbocycles. The van der Waals surface area contributed by atoms with Gasteiger partial charge in [-0.25, -0.2) is 4.98 Å². The van der Waals surface area contributed by atoms with Crippen molar-refractivity contribution < 1.29 is 9.72 Å². The Morgan fingerprint density at radius 1 is 1.19 bits per heavy atom. The molecule has 0 spiro atoms. The van der Waals surface area contributed by atoms with E-state index in [1.54, 1.807) is 12.1 Å². The fourth-order valence-corrected chi connectivity index (χ4v) is 4.67. The van der Waals surface area contributed by atoms with E-state index in [9.17, 15) is 14.9 Å². The lowest BCUT2D eigenvalue weighted by atomic mass is 10.1. The van der Waals surface area contributed by atoms with E-state index in [4.69, 9.17) is 12.2 Å². The minimum absolute atomic E-state index is 0.0676. The van der Waals surface area contributed by atoms with E-state index in [1.165, 1.54) is 17.4 Å². The van der Waals surface area contributed by atoms with Crippen molar-refractivity contribution >= 4 is 67.0 Å². The van der Waals surface area contributed by atoms with Crippen LogP contribution in [-0.4, -0.2) is 34.0 Å². The van der Waals surface area contributed by atoms with Crippen molar-refractivity contribution in [3.63, 3.8) is 0 Å². The Labute approximate surface area is 201 Å². The number of rotatable bonds is 5. The van der Waals surface area contributed by atoms with Crippen LogP contribution in [0.3, 0.4) is 0 Å². The van der Waals surface area contributed by atoms with E-state index in [0.717, 1.165) is 41.7 Å². The average Bonchev–Trinajstić information content (AvgIpc) is 3.46. The van der Waals surface area contributed by atoms with E-state index in [-0.39, 0.29) is 16.4 Å². The zero-order chi connectivity index (χ0) is 22.7.